The molecular formula is C29H37Cl2NO6SSi. The fraction of sp³-hybridized carbons (Fsp3) is 0.448. The summed E-state index contributed by atoms with van der Waals surface area (Å²) < 4.78 is 18.0. The van der Waals surface area contributed by atoms with E-state index in [2.05, 4.69) is 33.9 Å². The largest absolute Gasteiger partial charge is 0.549 e. The molecule has 0 amide bonds. The van der Waals surface area contributed by atoms with Gasteiger partial charge in [-0.1, -0.05) is 50.0 Å². The van der Waals surface area contributed by atoms with Crippen LogP contribution in [0.5, 0.6) is 11.5 Å². The van der Waals surface area contributed by atoms with Gasteiger partial charge in [0.25, 0.3) is 0 Å². The minimum atomic E-state index is -1.89. The molecule has 0 aliphatic heterocycles. The molecule has 0 fully saturated rings. The van der Waals surface area contributed by atoms with Crippen LogP contribution in [0.4, 0.5) is 0 Å². The first-order valence-corrected chi connectivity index (χ1v) is 17.4. The van der Waals surface area contributed by atoms with Gasteiger partial charge in [0.05, 0.1) is 20.2 Å². The van der Waals surface area contributed by atoms with E-state index in [0.29, 0.717) is 40.5 Å². The topological polar surface area (TPSA) is 91.9 Å². The van der Waals surface area contributed by atoms with Gasteiger partial charge in [-0.15, -0.1) is 11.3 Å². The number of aliphatic carboxylic acids is 1. The molecule has 2 aromatic heterocycles. The highest BCUT2D eigenvalue weighted by Crippen LogP contribution is 2.43. The average Bonchev–Trinajstić information content (AvgIpc) is 3.31. The van der Waals surface area contributed by atoms with Gasteiger partial charge in [0.1, 0.15) is 10.0 Å². The highest BCUT2D eigenvalue weighted by Gasteiger charge is 2.37. The third kappa shape index (κ3) is 7.50. The summed E-state index contributed by atoms with van der Waals surface area (Å²) in [5.41, 5.74) is 1.20. The number of hydrogen-bond donors (Lipinski definition) is 1. The van der Waals surface area contributed by atoms with Crippen molar-refractivity contribution in [1.82, 2.24) is 0 Å². The normalized spacial score (nSPS) is 13.6. The smallest absolute Gasteiger partial charge is 0.241 e. The van der Waals surface area contributed by atoms with Crippen molar-refractivity contribution in [2.45, 2.75) is 63.6 Å². The maximum absolute atomic E-state index is 12.8. The molecular weight excluding hydrogens is 589 g/mol. The quantitative estimate of drug-likeness (QED) is 0.150. The average molecular weight is 627 g/mol. The molecule has 1 unspecified atom stereocenters. The molecule has 2 heterocycles. The van der Waals surface area contributed by atoms with Crippen molar-refractivity contribution in [3.05, 3.63) is 73.7 Å². The molecule has 218 valence electrons. The second-order valence-electron chi connectivity index (χ2n) is 11.2. The van der Waals surface area contributed by atoms with E-state index in [1.807, 2.05) is 12.1 Å². The van der Waals surface area contributed by atoms with E-state index in [-0.39, 0.29) is 21.5 Å². The van der Waals surface area contributed by atoms with Crippen molar-refractivity contribution in [3.8, 4) is 11.5 Å². The molecule has 7 nitrogen and oxygen atoms in total. The Morgan fingerprint density at radius 1 is 1.07 bits per heavy atom. The zero-order chi connectivity index (χ0) is 29.8. The van der Waals surface area contributed by atoms with Crippen LogP contribution < -0.4 is 19.3 Å². The molecule has 40 heavy (non-hydrogen) atoms. The van der Waals surface area contributed by atoms with E-state index in [9.17, 15) is 15.1 Å². The van der Waals surface area contributed by atoms with E-state index >= 15 is 0 Å². The van der Waals surface area contributed by atoms with Crippen LogP contribution in [0, 0.1) is 0 Å². The number of carbonyl (C=O) groups is 1. The first kappa shape index (κ1) is 32.2. The van der Waals surface area contributed by atoms with Crippen LogP contribution >= 0.6 is 34.5 Å². The molecule has 2 atom stereocenters. The van der Waals surface area contributed by atoms with Gasteiger partial charge >= 0.3 is 0 Å². The summed E-state index contributed by atoms with van der Waals surface area (Å²) in [5.74, 6) is -1.86. The standard InChI is InChI=1S/C29H37Cl2NO6SSi/c1-29(2,3)40(6,7)38-13-12-19-9-11-26(39-19)27(28(33)34)20(15-21-22(30)16-32(35)17-23(21)31)18-8-10-24(36-4)25(14-18)37-5/h8-11,14,16-17,20,27H,12-13,15H2,1-7H3,(H-,33,34,35)/t20-,27?/m1/s1. The Bertz CT molecular complexity index is 1320. The lowest BCUT2D eigenvalue weighted by atomic mass is 9.80. The first-order valence-electron chi connectivity index (χ1n) is 12.9. The Balaban J connectivity index is 2.00. The highest BCUT2D eigenvalue weighted by molar-refractivity contribution is 7.12. The predicted octanol–water partition coefficient (Wildman–Crippen LogP) is 6.02. The third-order valence-electron chi connectivity index (χ3n) is 7.59. The van der Waals surface area contributed by atoms with Crippen LogP contribution in [0.2, 0.25) is 28.2 Å². The van der Waals surface area contributed by atoms with Gasteiger partial charge in [0.2, 0.25) is 12.4 Å². The summed E-state index contributed by atoms with van der Waals surface area (Å²) in [6.45, 7) is 11.6. The van der Waals surface area contributed by atoms with Crippen molar-refractivity contribution in [1.29, 1.82) is 0 Å². The Morgan fingerprint density at radius 2 is 1.70 bits per heavy atom. The van der Waals surface area contributed by atoms with E-state index in [1.54, 1.807) is 18.2 Å². The van der Waals surface area contributed by atoms with Crippen LogP contribution in [0.1, 0.15) is 53.5 Å². The number of benzene rings is 1. The Kier molecular flexibility index (Phi) is 10.6. The van der Waals surface area contributed by atoms with Crippen molar-refractivity contribution in [2.24, 2.45) is 0 Å². The number of carbonyl (C=O) groups excluding carboxylic acids is 1. The number of ether oxygens (including phenoxy) is 2. The van der Waals surface area contributed by atoms with Crippen molar-refractivity contribution < 1.29 is 33.7 Å². The Labute approximate surface area is 251 Å². The molecule has 0 aliphatic carbocycles. The zero-order valence-corrected chi connectivity index (χ0v) is 27.2. The lowest BCUT2D eigenvalue weighted by Gasteiger charge is -2.36. The van der Waals surface area contributed by atoms with E-state index < -0.39 is 26.1 Å². The second kappa shape index (κ2) is 13.1. The number of methoxy groups -OCH3 is 2. The maximum Gasteiger partial charge on any atom is 0.241 e. The van der Waals surface area contributed by atoms with E-state index in [0.717, 1.165) is 9.61 Å². The van der Waals surface area contributed by atoms with E-state index in [1.165, 1.54) is 38.0 Å². The van der Waals surface area contributed by atoms with Crippen molar-refractivity contribution in [3.63, 3.8) is 0 Å². The minimum absolute atomic E-state index is 0.107. The lowest BCUT2D eigenvalue weighted by molar-refractivity contribution is -0.904. The van der Waals surface area contributed by atoms with Crippen LogP contribution in [-0.2, 0) is 22.1 Å². The van der Waals surface area contributed by atoms with Gasteiger partial charge in [-0.3, -0.25) is 5.21 Å². The lowest BCUT2D eigenvalue weighted by Crippen LogP contribution is -2.41. The van der Waals surface area contributed by atoms with Crippen molar-refractivity contribution >= 4 is 48.8 Å². The van der Waals surface area contributed by atoms with Crippen LogP contribution in [0.15, 0.2) is 42.7 Å². The fourth-order valence-corrected chi connectivity index (χ4v) is 7.06. The molecule has 0 saturated carbocycles. The van der Waals surface area contributed by atoms with Gasteiger partial charge in [-0.25, -0.2) is 0 Å². The number of thiophene rings is 1. The van der Waals surface area contributed by atoms with Gasteiger partial charge in [-0.2, -0.15) is 0 Å². The maximum atomic E-state index is 12.8. The minimum Gasteiger partial charge on any atom is -0.549 e. The SMILES string of the molecule is COc1ccc([C@@H](Cc2c(Cl)c[n+](O)cc2Cl)C(C(=O)[O-])c2ccc(CCO[Si](C)(C)C(C)(C)C)s2)cc1OC. The molecule has 0 radical (unpaired) electrons. The van der Waals surface area contributed by atoms with Crippen LogP contribution in [0.3, 0.4) is 0 Å². The molecule has 3 aromatic rings. The number of carboxylic acid groups (broad SMARTS) is 1. The van der Waals surface area contributed by atoms with Crippen LogP contribution in [-0.4, -0.2) is 40.3 Å². The molecule has 1 N–H and O–H groups in total. The fourth-order valence-electron chi connectivity index (χ4n) is 4.26. The van der Waals surface area contributed by atoms with Crippen LogP contribution in [0.25, 0.3) is 0 Å². The summed E-state index contributed by atoms with van der Waals surface area (Å²) in [4.78, 5) is 14.5. The Morgan fingerprint density at radius 3 is 2.25 bits per heavy atom. The summed E-state index contributed by atoms with van der Waals surface area (Å²) in [6.07, 6.45) is 3.49. The number of pyridine rings is 1. The second-order valence-corrected chi connectivity index (χ2v) is 18.0. The monoisotopic (exact) mass is 625 g/mol. The number of nitrogens with zero attached hydrogens (tertiary/aromatic N) is 1. The highest BCUT2D eigenvalue weighted by atomic mass is 35.5. The Hall–Kier alpha value is -2.30. The molecule has 3 rings (SSSR count). The van der Waals surface area contributed by atoms with Gasteiger partial charge in [-0.05, 0) is 54.4 Å². The van der Waals surface area contributed by atoms with Gasteiger partial charge in [0.15, 0.2) is 19.8 Å². The van der Waals surface area contributed by atoms with E-state index in [4.69, 9.17) is 37.1 Å². The molecule has 0 spiro atoms. The number of rotatable bonds is 12. The summed E-state index contributed by atoms with van der Waals surface area (Å²) in [6, 6.07) is 9.10. The third-order valence-corrected chi connectivity index (χ3v) is 14.0. The zero-order valence-electron chi connectivity index (χ0n) is 23.9. The molecule has 11 heteroatoms. The number of halogens is 2. The summed E-state index contributed by atoms with van der Waals surface area (Å²) >= 11 is 14.3. The number of hydrogen-bond acceptors (Lipinski definition) is 7. The number of carboxylic acids is 1. The molecule has 1 aromatic carbocycles. The molecule has 0 bridgehead atoms. The van der Waals surface area contributed by atoms with Gasteiger partial charge < -0.3 is 23.8 Å². The summed E-state index contributed by atoms with van der Waals surface area (Å²) in [7, 11) is 1.16. The first-order chi connectivity index (χ1) is 18.7. The summed E-state index contributed by atoms with van der Waals surface area (Å²) in [5, 5.41) is 23.2. The number of aromatic nitrogens is 1. The predicted molar refractivity (Wildman–Crippen MR) is 159 cm³/mol. The molecule has 0 saturated heterocycles. The molecule has 0 aliphatic rings. The van der Waals surface area contributed by atoms with Gasteiger partial charge in [0, 0.05) is 44.9 Å². The van der Waals surface area contributed by atoms with Crippen molar-refractivity contribution in [2.75, 3.05) is 20.8 Å².